The van der Waals surface area contributed by atoms with Crippen LogP contribution in [0.3, 0.4) is 0 Å². The minimum absolute atomic E-state index is 0.0435. The monoisotopic (exact) mass is 480 g/mol. The van der Waals surface area contributed by atoms with Gasteiger partial charge in [0, 0.05) is 38.8 Å². The highest BCUT2D eigenvalue weighted by atomic mass is 16.7. The first-order valence-electron chi connectivity index (χ1n) is 12.3. The number of aromatic carboxylic acids is 1. The van der Waals surface area contributed by atoms with Crippen molar-refractivity contribution in [2.75, 3.05) is 14.2 Å². The summed E-state index contributed by atoms with van der Waals surface area (Å²) in [6.45, 7) is 4.86. The molecule has 1 aromatic carbocycles. The number of unbranched alkanes of at least 4 members (excludes halogenated alkanes) is 3. The largest absolute Gasteiger partial charge is 0.476 e. The molecule has 0 aliphatic heterocycles. The predicted molar refractivity (Wildman–Crippen MR) is 134 cm³/mol. The molecule has 3 rings (SSSR count). The predicted octanol–water partition coefficient (Wildman–Crippen LogP) is 5.46. The van der Waals surface area contributed by atoms with Crippen LogP contribution in [0.4, 0.5) is 0 Å². The lowest BCUT2D eigenvalue weighted by Gasteiger charge is -2.27. The Hall–Kier alpha value is -3.10. The number of methoxy groups -OCH3 is 2. The number of carbonyl (C=O) groups is 1. The molecule has 8 nitrogen and oxygen atoms in total. The third-order valence-electron chi connectivity index (χ3n) is 6.22. The molecule has 0 atom stereocenters. The summed E-state index contributed by atoms with van der Waals surface area (Å²) in [5, 5.41) is 14.3. The molecule has 0 fully saturated rings. The van der Waals surface area contributed by atoms with Crippen LogP contribution in [-0.2, 0) is 28.2 Å². The molecule has 0 saturated carbocycles. The fraction of sp³-hybridized carbons (Fsp3) is 0.481. The molecule has 2 aromatic heterocycles. The number of carboxylic acids is 1. The average molecular weight is 481 g/mol. The lowest BCUT2D eigenvalue weighted by molar-refractivity contribution is -0.226. The number of ether oxygens (including phenoxy) is 2. The van der Waals surface area contributed by atoms with Crippen molar-refractivity contribution in [1.29, 1.82) is 0 Å². The van der Waals surface area contributed by atoms with Crippen molar-refractivity contribution in [3.63, 3.8) is 0 Å². The van der Waals surface area contributed by atoms with Gasteiger partial charge in [0.1, 0.15) is 5.82 Å². The van der Waals surface area contributed by atoms with E-state index in [4.69, 9.17) is 19.6 Å². The Morgan fingerprint density at radius 2 is 1.74 bits per heavy atom. The van der Waals surface area contributed by atoms with Crippen molar-refractivity contribution in [1.82, 2.24) is 19.7 Å². The van der Waals surface area contributed by atoms with Gasteiger partial charge in [-0.25, -0.2) is 19.4 Å². The lowest BCUT2D eigenvalue weighted by Crippen LogP contribution is -2.32. The number of pyridine rings is 1. The van der Waals surface area contributed by atoms with Crippen LogP contribution in [0.1, 0.15) is 80.1 Å². The van der Waals surface area contributed by atoms with Crippen LogP contribution in [-0.4, -0.2) is 45.0 Å². The number of aryl methyl sites for hydroxylation is 1. The van der Waals surface area contributed by atoms with E-state index in [1.807, 2.05) is 28.9 Å². The Labute approximate surface area is 207 Å². The lowest BCUT2D eigenvalue weighted by atomic mass is 10.0. The molecule has 0 unspecified atom stereocenters. The van der Waals surface area contributed by atoms with Crippen LogP contribution in [0.5, 0.6) is 0 Å². The first-order valence-corrected chi connectivity index (χ1v) is 12.3. The zero-order chi connectivity index (χ0) is 25.3. The summed E-state index contributed by atoms with van der Waals surface area (Å²) in [6.07, 6.45) is 8.25. The molecule has 0 radical (unpaired) electrons. The number of rotatable bonds is 14. The Morgan fingerprint density at radius 3 is 2.37 bits per heavy atom. The van der Waals surface area contributed by atoms with E-state index in [-0.39, 0.29) is 5.69 Å². The second-order valence-corrected chi connectivity index (χ2v) is 8.63. The number of nitrogens with zero attached hydrogens (tertiary/aromatic N) is 4. The first-order chi connectivity index (χ1) is 17.0. The maximum atomic E-state index is 11.5. The van der Waals surface area contributed by atoms with Gasteiger partial charge in [-0.1, -0.05) is 63.4 Å². The van der Waals surface area contributed by atoms with Gasteiger partial charge in [0.15, 0.2) is 5.69 Å². The van der Waals surface area contributed by atoms with Crippen LogP contribution >= 0.6 is 0 Å². The number of benzene rings is 1. The molecule has 2 heterocycles. The molecule has 0 aliphatic carbocycles. The molecule has 1 N–H and O–H groups in total. The van der Waals surface area contributed by atoms with Gasteiger partial charge < -0.3 is 14.6 Å². The van der Waals surface area contributed by atoms with Crippen LogP contribution in [0, 0.1) is 0 Å². The maximum absolute atomic E-state index is 11.5. The van der Waals surface area contributed by atoms with Crippen LogP contribution in [0.25, 0.3) is 11.1 Å². The normalized spacial score (nSPS) is 11.7. The second-order valence-electron chi connectivity index (χ2n) is 8.63. The maximum Gasteiger partial charge on any atom is 0.355 e. The molecule has 0 aliphatic rings. The first kappa shape index (κ1) is 26.5. The van der Waals surface area contributed by atoms with Gasteiger partial charge in [-0.2, -0.15) is 0 Å². The average Bonchev–Trinajstić information content (AvgIpc) is 3.28. The van der Waals surface area contributed by atoms with Gasteiger partial charge in [-0.15, -0.1) is 5.10 Å². The summed E-state index contributed by atoms with van der Waals surface area (Å²) in [5.74, 6) is -0.536. The number of carboxylic acid groups (broad SMARTS) is 1. The fourth-order valence-corrected chi connectivity index (χ4v) is 4.14. The number of hydrogen-bond donors (Lipinski definition) is 1. The van der Waals surface area contributed by atoms with E-state index < -0.39 is 11.8 Å². The summed E-state index contributed by atoms with van der Waals surface area (Å²) < 4.78 is 13.5. The highest BCUT2D eigenvalue weighted by Crippen LogP contribution is 2.30. The summed E-state index contributed by atoms with van der Waals surface area (Å²) in [5.41, 5.74) is 2.48. The van der Waals surface area contributed by atoms with Crippen molar-refractivity contribution >= 4 is 5.97 Å². The van der Waals surface area contributed by atoms with Gasteiger partial charge in [0.05, 0.1) is 6.54 Å². The highest BCUT2D eigenvalue weighted by molar-refractivity contribution is 5.93. The SMILES string of the molecule is CCCCCc1nc(C(CCCC)(OC)OC)nn1Cc1ccc(-c2cccnc2C(=O)O)cc1. The third kappa shape index (κ3) is 6.32. The molecular formula is C27H36N4O4. The molecule has 0 bridgehead atoms. The van der Waals surface area contributed by atoms with Crippen LogP contribution in [0.2, 0.25) is 0 Å². The van der Waals surface area contributed by atoms with Gasteiger partial charge in [0.2, 0.25) is 11.6 Å². The molecule has 3 aromatic rings. The van der Waals surface area contributed by atoms with E-state index in [1.165, 1.54) is 6.20 Å². The standard InChI is InChI=1S/C27H36N4O4/c1-5-7-9-12-23-29-26(27(34-3,35-4)17-8-6-2)30-31(23)19-20-13-15-21(16-14-20)22-11-10-18-28-24(22)25(32)33/h10-11,13-16,18H,5-9,12,17,19H2,1-4H3,(H,32,33). The van der Waals surface area contributed by atoms with Gasteiger partial charge >= 0.3 is 5.97 Å². The third-order valence-corrected chi connectivity index (χ3v) is 6.22. The fourth-order valence-electron chi connectivity index (χ4n) is 4.14. The Kier molecular flexibility index (Phi) is 9.51. The minimum Gasteiger partial charge on any atom is -0.476 e. The molecule has 188 valence electrons. The van der Waals surface area contributed by atoms with E-state index in [2.05, 4.69) is 18.8 Å². The number of hydrogen-bond acceptors (Lipinski definition) is 6. The van der Waals surface area contributed by atoms with E-state index in [0.717, 1.165) is 55.5 Å². The van der Waals surface area contributed by atoms with Gasteiger partial charge in [0.25, 0.3) is 0 Å². The topological polar surface area (TPSA) is 99.4 Å². The van der Waals surface area contributed by atoms with Crippen molar-refractivity contribution < 1.29 is 19.4 Å². The van der Waals surface area contributed by atoms with Crippen molar-refractivity contribution in [3.05, 3.63) is 65.5 Å². The summed E-state index contributed by atoms with van der Waals surface area (Å²) in [4.78, 5) is 20.4. The van der Waals surface area contributed by atoms with Gasteiger partial charge in [-0.3, -0.25) is 0 Å². The van der Waals surface area contributed by atoms with Crippen molar-refractivity contribution in [2.45, 2.75) is 71.1 Å². The second kappa shape index (κ2) is 12.6. The van der Waals surface area contributed by atoms with E-state index in [9.17, 15) is 9.90 Å². The Balaban J connectivity index is 1.90. The quantitative estimate of drug-likeness (QED) is 0.242. The smallest absolute Gasteiger partial charge is 0.355 e. The van der Waals surface area contributed by atoms with Crippen LogP contribution in [0.15, 0.2) is 42.6 Å². The summed E-state index contributed by atoms with van der Waals surface area (Å²) in [7, 11) is 3.28. The molecule has 8 heteroatoms. The van der Waals surface area contributed by atoms with E-state index >= 15 is 0 Å². The van der Waals surface area contributed by atoms with E-state index in [0.29, 0.717) is 24.4 Å². The zero-order valence-electron chi connectivity index (χ0n) is 21.2. The van der Waals surface area contributed by atoms with Gasteiger partial charge in [-0.05, 0) is 30.0 Å². The molecule has 0 spiro atoms. The zero-order valence-corrected chi connectivity index (χ0v) is 21.2. The van der Waals surface area contributed by atoms with E-state index in [1.54, 1.807) is 26.4 Å². The Bertz CT molecular complexity index is 1090. The number of aromatic nitrogens is 4. The summed E-state index contributed by atoms with van der Waals surface area (Å²) in [6, 6.07) is 11.3. The molecular weight excluding hydrogens is 444 g/mol. The molecule has 0 saturated heterocycles. The molecule has 35 heavy (non-hydrogen) atoms. The minimum atomic E-state index is -1.04. The Morgan fingerprint density at radius 1 is 1.03 bits per heavy atom. The van der Waals surface area contributed by atoms with Crippen LogP contribution < -0.4 is 0 Å². The highest BCUT2D eigenvalue weighted by Gasteiger charge is 2.37. The summed E-state index contributed by atoms with van der Waals surface area (Å²) >= 11 is 0. The van der Waals surface area contributed by atoms with Crippen molar-refractivity contribution in [2.24, 2.45) is 0 Å². The van der Waals surface area contributed by atoms with Crippen molar-refractivity contribution in [3.8, 4) is 11.1 Å². The molecule has 0 amide bonds.